The molecule has 0 fully saturated rings. The average Bonchev–Trinajstić information content (AvgIpc) is 3.43. The van der Waals surface area contributed by atoms with Crippen LogP contribution in [0.2, 0.25) is 5.02 Å². The van der Waals surface area contributed by atoms with Crippen molar-refractivity contribution in [3.8, 4) is 22.8 Å². The fraction of sp³-hybridized carbons (Fsp3) is 0. The van der Waals surface area contributed by atoms with Crippen LogP contribution >= 0.6 is 11.6 Å². The summed E-state index contributed by atoms with van der Waals surface area (Å²) in [5.74, 6) is 1.62. The predicted molar refractivity (Wildman–Crippen MR) is 111 cm³/mol. The summed E-state index contributed by atoms with van der Waals surface area (Å²) in [5.41, 5.74) is 7.58. The molecule has 0 saturated carbocycles. The van der Waals surface area contributed by atoms with Gasteiger partial charge in [-0.1, -0.05) is 11.6 Å². The second-order valence-electron chi connectivity index (χ2n) is 6.70. The van der Waals surface area contributed by atoms with Crippen molar-refractivity contribution in [1.29, 1.82) is 0 Å². The number of hydrogen-bond acceptors (Lipinski definition) is 3. The number of benzene rings is 3. The van der Waals surface area contributed by atoms with Crippen molar-refractivity contribution in [2.45, 2.75) is 0 Å². The molecule has 3 N–H and O–H groups in total. The highest BCUT2D eigenvalue weighted by molar-refractivity contribution is 6.31. The Hall–Kier alpha value is -3.64. The molecule has 0 aliphatic rings. The lowest BCUT2D eigenvalue weighted by atomic mass is 10.2. The van der Waals surface area contributed by atoms with Crippen LogP contribution in [0.3, 0.4) is 0 Å². The molecule has 0 unspecified atom stereocenters. The number of fused-ring (bicyclic) bond motifs is 3. The number of nitrogens with one attached hydrogen (secondary N) is 3. The molecular formula is C21H13ClN6. The molecule has 7 heteroatoms. The van der Waals surface area contributed by atoms with Crippen molar-refractivity contribution in [1.82, 2.24) is 29.9 Å². The third-order valence-corrected chi connectivity index (χ3v) is 5.13. The first-order valence-corrected chi connectivity index (χ1v) is 9.20. The van der Waals surface area contributed by atoms with E-state index in [1.807, 2.05) is 48.5 Å². The Morgan fingerprint density at radius 1 is 0.643 bits per heavy atom. The minimum Gasteiger partial charge on any atom is -0.345 e. The lowest BCUT2D eigenvalue weighted by Crippen LogP contribution is -1.81. The first kappa shape index (κ1) is 15.4. The molecule has 0 aliphatic carbocycles. The van der Waals surface area contributed by atoms with Gasteiger partial charge in [-0.2, -0.15) is 0 Å². The second kappa shape index (κ2) is 5.68. The fourth-order valence-corrected chi connectivity index (χ4v) is 3.67. The summed E-state index contributed by atoms with van der Waals surface area (Å²) in [7, 11) is 0. The number of hydrogen-bond donors (Lipinski definition) is 3. The normalized spacial score (nSPS) is 11.8. The number of rotatable bonds is 2. The van der Waals surface area contributed by atoms with Crippen LogP contribution in [0.4, 0.5) is 0 Å². The van der Waals surface area contributed by atoms with Gasteiger partial charge < -0.3 is 15.0 Å². The standard InChI is InChI=1S/C21H13ClN6/c22-13-3-6-16-19(9-13)28-21(26-16)12-2-5-15-18(8-12)27-20(25-15)11-1-4-14-17(7-11)24-10-23-14/h1-10H,(H,23,24)(H,25,27)(H,26,28). The third-order valence-electron chi connectivity index (χ3n) is 4.89. The van der Waals surface area contributed by atoms with E-state index in [9.17, 15) is 0 Å². The van der Waals surface area contributed by atoms with Crippen LogP contribution < -0.4 is 0 Å². The monoisotopic (exact) mass is 384 g/mol. The second-order valence-corrected chi connectivity index (χ2v) is 7.14. The fourth-order valence-electron chi connectivity index (χ4n) is 3.50. The van der Waals surface area contributed by atoms with E-state index in [0.29, 0.717) is 5.02 Å². The van der Waals surface area contributed by atoms with Crippen molar-refractivity contribution in [3.05, 3.63) is 65.9 Å². The first-order chi connectivity index (χ1) is 13.7. The van der Waals surface area contributed by atoms with Gasteiger partial charge in [-0.15, -0.1) is 0 Å². The molecular weight excluding hydrogens is 372 g/mol. The Bertz CT molecular complexity index is 1490. The van der Waals surface area contributed by atoms with Gasteiger partial charge in [0.2, 0.25) is 0 Å². The number of aromatic amines is 3. The van der Waals surface area contributed by atoms with Crippen LogP contribution in [0.5, 0.6) is 0 Å². The maximum Gasteiger partial charge on any atom is 0.138 e. The summed E-state index contributed by atoms with van der Waals surface area (Å²) in [4.78, 5) is 23.5. The van der Waals surface area contributed by atoms with E-state index in [-0.39, 0.29) is 0 Å². The molecule has 0 atom stereocenters. The van der Waals surface area contributed by atoms with E-state index in [2.05, 4.69) is 31.0 Å². The van der Waals surface area contributed by atoms with Gasteiger partial charge in [0, 0.05) is 16.1 Å². The quantitative estimate of drug-likeness (QED) is 0.378. The van der Waals surface area contributed by atoms with Gasteiger partial charge in [0.05, 0.1) is 39.4 Å². The van der Waals surface area contributed by atoms with E-state index in [1.165, 1.54) is 0 Å². The van der Waals surface area contributed by atoms with Crippen LogP contribution in [0.25, 0.3) is 55.9 Å². The Kier molecular flexibility index (Phi) is 3.13. The van der Waals surface area contributed by atoms with Crippen molar-refractivity contribution in [3.63, 3.8) is 0 Å². The maximum atomic E-state index is 6.07. The van der Waals surface area contributed by atoms with Gasteiger partial charge in [-0.05, 0) is 54.6 Å². The Morgan fingerprint density at radius 3 is 2.00 bits per heavy atom. The molecule has 3 aromatic carbocycles. The van der Waals surface area contributed by atoms with Crippen molar-refractivity contribution in [2.75, 3.05) is 0 Å². The van der Waals surface area contributed by atoms with E-state index in [1.54, 1.807) is 6.33 Å². The highest BCUT2D eigenvalue weighted by atomic mass is 35.5. The number of nitrogens with zero attached hydrogens (tertiary/aromatic N) is 3. The number of H-pyrrole nitrogens is 3. The SMILES string of the molecule is Clc1ccc2nc(-c3ccc4nc(-c5ccc6nc[nH]c6c5)[nH]c4c3)[nH]c2c1. The molecule has 0 aliphatic heterocycles. The summed E-state index contributed by atoms with van der Waals surface area (Å²) in [6.45, 7) is 0. The summed E-state index contributed by atoms with van der Waals surface area (Å²) < 4.78 is 0. The van der Waals surface area contributed by atoms with E-state index >= 15 is 0 Å². The van der Waals surface area contributed by atoms with Crippen LogP contribution in [0.1, 0.15) is 0 Å². The van der Waals surface area contributed by atoms with E-state index < -0.39 is 0 Å². The zero-order valence-electron chi connectivity index (χ0n) is 14.5. The summed E-state index contributed by atoms with van der Waals surface area (Å²) in [5, 5.41) is 0.686. The first-order valence-electron chi connectivity index (χ1n) is 8.82. The van der Waals surface area contributed by atoms with Gasteiger partial charge in [-0.3, -0.25) is 0 Å². The molecule has 0 amide bonds. The topological polar surface area (TPSA) is 86.0 Å². The van der Waals surface area contributed by atoms with Gasteiger partial charge >= 0.3 is 0 Å². The Balaban J connectivity index is 1.45. The third kappa shape index (κ3) is 2.39. The minimum atomic E-state index is 0.686. The lowest BCUT2D eigenvalue weighted by Gasteiger charge is -1.96. The highest BCUT2D eigenvalue weighted by Gasteiger charge is 2.10. The molecule has 28 heavy (non-hydrogen) atoms. The molecule has 6 aromatic rings. The summed E-state index contributed by atoms with van der Waals surface area (Å²) in [6.07, 6.45) is 1.69. The molecule has 6 nitrogen and oxygen atoms in total. The smallest absolute Gasteiger partial charge is 0.138 e. The van der Waals surface area contributed by atoms with Crippen LogP contribution in [-0.4, -0.2) is 29.9 Å². The Labute approximate surface area is 163 Å². The van der Waals surface area contributed by atoms with E-state index in [0.717, 1.165) is 55.9 Å². The van der Waals surface area contributed by atoms with Crippen LogP contribution in [0, 0.1) is 0 Å². The van der Waals surface area contributed by atoms with Gasteiger partial charge in [0.15, 0.2) is 0 Å². The van der Waals surface area contributed by atoms with Crippen LogP contribution in [0.15, 0.2) is 60.9 Å². The van der Waals surface area contributed by atoms with Crippen molar-refractivity contribution in [2.24, 2.45) is 0 Å². The number of imidazole rings is 3. The van der Waals surface area contributed by atoms with Gasteiger partial charge in [0.25, 0.3) is 0 Å². The summed E-state index contributed by atoms with van der Waals surface area (Å²) >= 11 is 6.07. The molecule has 3 aromatic heterocycles. The number of halogens is 1. The zero-order chi connectivity index (χ0) is 18.7. The molecule has 0 radical (unpaired) electrons. The largest absolute Gasteiger partial charge is 0.345 e. The molecule has 0 saturated heterocycles. The van der Waals surface area contributed by atoms with Crippen LogP contribution in [-0.2, 0) is 0 Å². The predicted octanol–water partition coefficient (Wildman–Crippen LogP) is 5.30. The molecule has 0 spiro atoms. The van der Waals surface area contributed by atoms with Gasteiger partial charge in [0.1, 0.15) is 11.6 Å². The van der Waals surface area contributed by atoms with Gasteiger partial charge in [-0.25, -0.2) is 15.0 Å². The Morgan fingerprint density at radius 2 is 1.25 bits per heavy atom. The highest BCUT2D eigenvalue weighted by Crippen LogP contribution is 2.28. The molecule has 3 heterocycles. The van der Waals surface area contributed by atoms with Crippen molar-refractivity contribution < 1.29 is 0 Å². The molecule has 0 bridgehead atoms. The maximum absolute atomic E-state index is 6.07. The molecule has 6 rings (SSSR count). The average molecular weight is 385 g/mol. The van der Waals surface area contributed by atoms with E-state index in [4.69, 9.17) is 16.6 Å². The molecule has 134 valence electrons. The number of aromatic nitrogens is 6. The minimum absolute atomic E-state index is 0.686. The van der Waals surface area contributed by atoms with Crippen molar-refractivity contribution >= 4 is 44.7 Å². The lowest BCUT2D eigenvalue weighted by molar-refractivity contribution is 1.33. The zero-order valence-corrected chi connectivity index (χ0v) is 15.2. The summed E-state index contributed by atoms with van der Waals surface area (Å²) in [6, 6.07) is 17.8.